The number of carboxylic acid groups (broad SMARTS) is 1. The summed E-state index contributed by atoms with van der Waals surface area (Å²) in [4.78, 5) is 28.5. The molecule has 1 fully saturated rings. The van der Waals surface area contributed by atoms with Gasteiger partial charge in [0, 0.05) is 35.4 Å². The van der Waals surface area contributed by atoms with Gasteiger partial charge in [0.1, 0.15) is 0 Å². The van der Waals surface area contributed by atoms with Gasteiger partial charge in [0.15, 0.2) is 6.04 Å². The Labute approximate surface area is 113 Å². The Balaban J connectivity index is 2.38. The molecule has 1 N–H and O–H groups in total. The Morgan fingerprint density at radius 1 is 1.50 bits per heavy atom. The minimum Gasteiger partial charge on any atom is -0.479 e. The van der Waals surface area contributed by atoms with Crippen LogP contribution < -0.4 is 0 Å². The van der Waals surface area contributed by atoms with Gasteiger partial charge in [-0.2, -0.15) is 0 Å². The third-order valence-corrected chi connectivity index (χ3v) is 3.29. The van der Waals surface area contributed by atoms with Crippen molar-refractivity contribution in [2.24, 2.45) is 0 Å². The van der Waals surface area contributed by atoms with Crippen molar-refractivity contribution < 1.29 is 14.7 Å². The third-order valence-electron chi connectivity index (χ3n) is 2.86. The number of nitrogens with zero attached hydrogens (tertiary/aromatic N) is 2. The van der Waals surface area contributed by atoms with Crippen LogP contribution in [0.5, 0.6) is 0 Å². The van der Waals surface area contributed by atoms with Crippen LogP contribution in [0.25, 0.3) is 0 Å². The Kier molecular flexibility index (Phi) is 3.65. The zero-order valence-corrected chi connectivity index (χ0v) is 11.4. The van der Waals surface area contributed by atoms with Crippen molar-refractivity contribution in [3.05, 3.63) is 28.5 Å². The zero-order valence-electron chi connectivity index (χ0n) is 9.84. The smallest absolute Gasteiger partial charge is 0.331 e. The molecule has 1 unspecified atom stereocenters. The quantitative estimate of drug-likeness (QED) is 0.923. The molecule has 5 nitrogen and oxygen atoms in total. The van der Waals surface area contributed by atoms with E-state index >= 15 is 0 Å². The van der Waals surface area contributed by atoms with Gasteiger partial charge in [-0.15, -0.1) is 0 Å². The lowest BCUT2D eigenvalue weighted by Crippen LogP contribution is -2.39. The Bertz CT molecular complexity index is 488. The first-order chi connectivity index (χ1) is 8.50. The molecule has 0 radical (unpaired) electrons. The molecule has 1 amide bonds. The highest BCUT2D eigenvalue weighted by Gasteiger charge is 2.40. The van der Waals surface area contributed by atoms with Crippen LogP contribution in [0.4, 0.5) is 0 Å². The minimum absolute atomic E-state index is 0.0441. The summed E-state index contributed by atoms with van der Waals surface area (Å²) in [6.07, 6.45) is 4.80. The van der Waals surface area contributed by atoms with E-state index in [1.54, 1.807) is 12.3 Å². The van der Waals surface area contributed by atoms with Crippen molar-refractivity contribution >= 4 is 27.8 Å². The van der Waals surface area contributed by atoms with Crippen molar-refractivity contribution in [2.45, 2.75) is 31.8 Å². The highest BCUT2D eigenvalue weighted by atomic mass is 79.9. The van der Waals surface area contributed by atoms with Crippen LogP contribution in [0.2, 0.25) is 0 Å². The Morgan fingerprint density at radius 2 is 2.17 bits per heavy atom. The van der Waals surface area contributed by atoms with E-state index in [-0.39, 0.29) is 11.9 Å². The molecular weight excluding hydrogens is 300 g/mol. The summed E-state index contributed by atoms with van der Waals surface area (Å²) < 4.78 is 0.700. The molecule has 1 heterocycles. The Morgan fingerprint density at radius 3 is 2.61 bits per heavy atom. The van der Waals surface area contributed by atoms with Crippen LogP contribution in [0.3, 0.4) is 0 Å². The minimum atomic E-state index is -1.03. The monoisotopic (exact) mass is 312 g/mol. The van der Waals surface area contributed by atoms with E-state index in [1.165, 1.54) is 18.0 Å². The number of pyridine rings is 1. The molecule has 2 rings (SSSR count). The second kappa shape index (κ2) is 5.06. The highest BCUT2D eigenvalue weighted by Crippen LogP contribution is 2.35. The maximum Gasteiger partial charge on any atom is 0.331 e. The summed E-state index contributed by atoms with van der Waals surface area (Å²) in [5, 5.41) is 9.38. The van der Waals surface area contributed by atoms with Gasteiger partial charge in [-0.25, -0.2) is 4.79 Å². The fourth-order valence-corrected chi connectivity index (χ4v) is 2.38. The normalized spacial score (nSPS) is 16.1. The standard InChI is InChI=1S/C12H13BrN2O3/c1-7(16)15(10-2-3-10)11(12(17)18)8-4-9(13)6-14-5-8/h4-6,10-11H,2-3H2,1H3,(H,17,18). The van der Waals surface area contributed by atoms with E-state index in [2.05, 4.69) is 20.9 Å². The predicted octanol–water partition coefficient (Wildman–Crippen LogP) is 1.98. The van der Waals surface area contributed by atoms with E-state index in [0.29, 0.717) is 10.0 Å². The number of halogens is 1. The van der Waals surface area contributed by atoms with Crippen LogP contribution in [0.1, 0.15) is 31.4 Å². The van der Waals surface area contributed by atoms with E-state index < -0.39 is 12.0 Å². The summed E-state index contributed by atoms with van der Waals surface area (Å²) in [5.41, 5.74) is 0.513. The van der Waals surface area contributed by atoms with Gasteiger partial charge < -0.3 is 10.0 Å². The number of aliphatic carboxylic acids is 1. The van der Waals surface area contributed by atoms with Gasteiger partial charge in [-0.3, -0.25) is 9.78 Å². The fourth-order valence-electron chi connectivity index (χ4n) is 2.00. The van der Waals surface area contributed by atoms with Crippen molar-refractivity contribution in [3.63, 3.8) is 0 Å². The predicted molar refractivity (Wildman–Crippen MR) is 67.9 cm³/mol. The lowest BCUT2D eigenvalue weighted by atomic mass is 10.1. The molecule has 6 heteroatoms. The molecule has 1 saturated carbocycles. The third kappa shape index (κ3) is 2.69. The lowest BCUT2D eigenvalue weighted by Gasteiger charge is -2.28. The SMILES string of the molecule is CC(=O)N(C1CC1)C(C(=O)O)c1cncc(Br)c1. The number of hydrogen-bond acceptors (Lipinski definition) is 3. The van der Waals surface area contributed by atoms with Gasteiger partial charge >= 0.3 is 5.97 Å². The first-order valence-corrected chi connectivity index (χ1v) is 6.42. The van der Waals surface area contributed by atoms with E-state index in [4.69, 9.17) is 0 Å². The summed E-state index contributed by atoms with van der Waals surface area (Å²) >= 11 is 3.26. The van der Waals surface area contributed by atoms with Gasteiger partial charge in [0.2, 0.25) is 5.91 Å². The van der Waals surface area contributed by atoms with Crippen molar-refractivity contribution in [2.75, 3.05) is 0 Å². The van der Waals surface area contributed by atoms with Crippen LogP contribution in [-0.4, -0.2) is 32.9 Å². The lowest BCUT2D eigenvalue weighted by molar-refractivity contribution is -0.150. The summed E-state index contributed by atoms with van der Waals surface area (Å²) in [7, 11) is 0. The molecule has 0 spiro atoms. The number of carbonyl (C=O) groups is 2. The fraction of sp³-hybridized carbons (Fsp3) is 0.417. The molecule has 1 aromatic rings. The molecule has 1 atom stereocenters. The average molecular weight is 313 g/mol. The summed E-state index contributed by atoms with van der Waals surface area (Å²) in [5.74, 6) is -1.25. The molecule has 0 bridgehead atoms. The Hall–Kier alpha value is -1.43. The first-order valence-electron chi connectivity index (χ1n) is 5.63. The van der Waals surface area contributed by atoms with Gasteiger partial charge in [0.05, 0.1) is 0 Å². The molecule has 0 saturated heterocycles. The van der Waals surface area contributed by atoms with E-state index in [0.717, 1.165) is 12.8 Å². The molecule has 96 valence electrons. The zero-order chi connectivity index (χ0) is 13.3. The van der Waals surface area contributed by atoms with Crippen LogP contribution >= 0.6 is 15.9 Å². The molecule has 18 heavy (non-hydrogen) atoms. The maximum absolute atomic E-state index is 11.7. The summed E-state index contributed by atoms with van der Waals surface area (Å²) in [6.45, 7) is 1.40. The molecule has 1 aromatic heterocycles. The van der Waals surface area contributed by atoms with E-state index in [9.17, 15) is 14.7 Å². The second-order valence-corrected chi connectivity index (χ2v) is 5.25. The van der Waals surface area contributed by atoms with Crippen LogP contribution in [0.15, 0.2) is 22.9 Å². The van der Waals surface area contributed by atoms with Crippen LogP contribution in [0, 0.1) is 0 Å². The van der Waals surface area contributed by atoms with Gasteiger partial charge in [-0.05, 0) is 34.8 Å². The van der Waals surface area contributed by atoms with Crippen molar-refractivity contribution in [3.8, 4) is 0 Å². The summed E-state index contributed by atoms with van der Waals surface area (Å²) in [6, 6.07) is 0.770. The number of carbonyl (C=O) groups excluding carboxylic acids is 1. The maximum atomic E-state index is 11.7. The molecular formula is C12H13BrN2O3. The van der Waals surface area contributed by atoms with Gasteiger partial charge in [-0.1, -0.05) is 0 Å². The first kappa shape index (κ1) is 13.0. The number of carboxylic acids is 1. The van der Waals surface area contributed by atoms with Crippen molar-refractivity contribution in [1.82, 2.24) is 9.88 Å². The molecule has 0 aliphatic heterocycles. The number of hydrogen-bond donors (Lipinski definition) is 1. The highest BCUT2D eigenvalue weighted by molar-refractivity contribution is 9.10. The molecule has 0 aromatic carbocycles. The molecule has 1 aliphatic rings. The number of amides is 1. The second-order valence-electron chi connectivity index (χ2n) is 4.33. The largest absolute Gasteiger partial charge is 0.479 e. The number of aromatic nitrogens is 1. The number of rotatable bonds is 4. The van der Waals surface area contributed by atoms with Gasteiger partial charge in [0.25, 0.3) is 0 Å². The average Bonchev–Trinajstić information content (AvgIpc) is 3.08. The van der Waals surface area contributed by atoms with E-state index in [1.807, 2.05) is 0 Å². The van der Waals surface area contributed by atoms with Crippen molar-refractivity contribution in [1.29, 1.82) is 0 Å². The van der Waals surface area contributed by atoms with Crippen LogP contribution in [-0.2, 0) is 9.59 Å². The molecule has 1 aliphatic carbocycles. The topological polar surface area (TPSA) is 70.5 Å².